The largest absolute Gasteiger partial charge is 0.461 e. The third-order valence-corrected chi connectivity index (χ3v) is 5.26. The smallest absolute Gasteiger partial charge is 0.343 e. The van der Waals surface area contributed by atoms with Crippen LogP contribution in [-0.2, 0) is 28.3 Å². The molecule has 1 aromatic carbocycles. The van der Waals surface area contributed by atoms with E-state index in [0.717, 1.165) is 37.9 Å². The summed E-state index contributed by atoms with van der Waals surface area (Å²) in [4.78, 5) is 15.0. The number of carbonyl (C=O) groups excluding carboxylic acids is 1. The van der Waals surface area contributed by atoms with Crippen LogP contribution in [0.2, 0.25) is 0 Å². The van der Waals surface area contributed by atoms with Gasteiger partial charge in [0.2, 0.25) is 0 Å². The molecule has 1 aliphatic carbocycles. The molecule has 0 unspecified atom stereocenters. The number of ether oxygens (including phenoxy) is 1. The van der Waals surface area contributed by atoms with E-state index in [1.807, 2.05) is 49.3 Å². The van der Waals surface area contributed by atoms with Crippen LogP contribution < -0.4 is 0 Å². The average Bonchev–Trinajstić information content (AvgIpc) is 3.13. The van der Waals surface area contributed by atoms with Crippen LogP contribution in [0.15, 0.2) is 46.9 Å². The summed E-state index contributed by atoms with van der Waals surface area (Å²) >= 11 is 0. The van der Waals surface area contributed by atoms with E-state index in [1.165, 1.54) is 0 Å². The van der Waals surface area contributed by atoms with Crippen LogP contribution in [0.3, 0.4) is 0 Å². The lowest BCUT2D eigenvalue weighted by atomic mass is 9.73. The predicted octanol–water partition coefficient (Wildman–Crippen LogP) is 3.85. The van der Waals surface area contributed by atoms with E-state index < -0.39 is 11.6 Å². The van der Waals surface area contributed by atoms with Gasteiger partial charge in [0.05, 0.1) is 6.54 Å². The third kappa shape index (κ3) is 4.60. The Morgan fingerprint density at radius 2 is 1.78 bits per heavy atom. The molecule has 146 valence electrons. The fraction of sp³-hybridized carbons (Fsp3) is 0.500. The number of benzene rings is 1. The molecular weight excluding hydrogens is 342 g/mol. The highest BCUT2D eigenvalue weighted by Gasteiger charge is 2.47. The van der Waals surface area contributed by atoms with Gasteiger partial charge in [-0.2, -0.15) is 0 Å². The molecule has 0 bridgehead atoms. The van der Waals surface area contributed by atoms with Gasteiger partial charge in [-0.3, -0.25) is 0 Å². The second-order valence-corrected chi connectivity index (χ2v) is 7.65. The Morgan fingerprint density at radius 3 is 2.44 bits per heavy atom. The molecule has 3 rings (SSSR count). The zero-order chi connectivity index (χ0) is 19.3. The van der Waals surface area contributed by atoms with Gasteiger partial charge >= 0.3 is 5.97 Å². The first-order chi connectivity index (χ1) is 13.0. The maximum Gasteiger partial charge on any atom is 0.343 e. The fourth-order valence-corrected chi connectivity index (χ4v) is 3.88. The second-order valence-electron chi connectivity index (χ2n) is 7.65. The van der Waals surface area contributed by atoms with E-state index >= 15 is 0 Å². The van der Waals surface area contributed by atoms with Gasteiger partial charge < -0.3 is 19.2 Å². The van der Waals surface area contributed by atoms with Crippen LogP contribution in [0.1, 0.15) is 49.2 Å². The molecule has 1 aromatic heterocycles. The van der Waals surface area contributed by atoms with Crippen molar-refractivity contribution in [1.29, 1.82) is 0 Å². The zero-order valence-electron chi connectivity index (χ0n) is 16.2. The van der Waals surface area contributed by atoms with E-state index in [0.29, 0.717) is 17.9 Å². The molecule has 1 saturated carbocycles. The highest BCUT2D eigenvalue weighted by Crippen LogP contribution is 2.40. The van der Waals surface area contributed by atoms with Crippen molar-refractivity contribution in [3.05, 3.63) is 59.5 Å². The zero-order valence-corrected chi connectivity index (χ0v) is 16.2. The van der Waals surface area contributed by atoms with Crippen LogP contribution >= 0.6 is 0 Å². The molecule has 2 aromatic rings. The van der Waals surface area contributed by atoms with Gasteiger partial charge in [0.15, 0.2) is 5.60 Å². The first kappa shape index (κ1) is 19.6. The minimum Gasteiger partial charge on any atom is -0.461 e. The summed E-state index contributed by atoms with van der Waals surface area (Å²) in [5.41, 5.74) is -1.00. The Balaban J connectivity index is 1.74. The van der Waals surface area contributed by atoms with Crippen molar-refractivity contribution in [2.45, 2.75) is 50.9 Å². The summed E-state index contributed by atoms with van der Waals surface area (Å²) in [7, 11) is 3.93. The standard InChI is InChI=1S/C22H29NO4/c1-23(2)15-19-13-14-20(27-19)16-26-21(24)22(25,17-9-5-3-6-10-17)18-11-7-4-8-12-18/h3,5-6,9-10,13-14,18,25H,4,7-8,11-12,15-16H2,1-2H3/t22-/m1/s1. The van der Waals surface area contributed by atoms with E-state index in [1.54, 1.807) is 12.1 Å². The van der Waals surface area contributed by atoms with Crippen LogP contribution in [0.4, 0.5) is 0 Å². The number of esters is 1. The number of rotatable bonds is 7. The van der Waals surface area contributed by atoms with Crippen molar-refractivity contribution < 1.29 is 19.1 Å². The second kappa shape index (κ2) is 8.72. The fourth-order valence-electron chi connectivity index (χ4n) is 3.88. The number of hydrogen-bond acceptors (Lipinski definition) is 5. The van der Waals surface area contributed by atoms with Crippen molar-refractivity contribution in [3.63, 3.8) is 0 Å². The molecule has 1 heterocycles. The molecule has 5 heteroatoms. The van der Waals surface area contributed by atoms with Gasteiger partial charge in [0, 0.05) is 5.92 Å². The predicted molar refractivity (Wildman–Crippen MR) is 103 cm³/mol. The molecule has 5 nitrogen and oxygen atoms in total. The van der Waals surface area contributed by atoms with Crippen molar-refractivity contribution in [2.24, 2.45) is 5.92 Å². The molecule has 0 amide bonds. The summed E-state index contributed by atoms with van der Waals surface area (Å²) in [5, 5.41) is 11.5. The van der Waals surface area contributed by atoms with Gasteiger partial charge in [0.25, 0.3) is 0 Å². The molecular formula is C22H29NO4. The maximum absolute atomic E-state index is 13.0. The number of aliphatic hydroxyl groups is 1. The summed E-state index contributed by atoms with van der Waals surface area (Å²) in [6, 6.07) is 12.9. The molecule has 1 N–H and O–H groups in total. The van der Waals surface area contributed by atoms with Crippen LogP contribution in [0.5, 0.6) is 0 Å². The quantitative estimate of drug-likeness (QED) is 0.749. The molecule has 1 fully saturated rings. The number of furan rings is 1. The minimum absolute atomic E-state index is 0.0219. The maximum atomic E-state index is 13.0. The molecule has 0 radical (unpaired) electrons. The van der Waals surface area contributed by atoms with E-state index in [4.69, 9.17) is 9.15 Å². The number of carbonyl (C=O) groups is 1. The Bertz CT molecular complexity index is 734. The molecule has 1 aliphatic rings. The van der Waals surface area contributed by atoms with E-state index in [9.17, 15) is 9.90 Å². The molecule has 0 saturated heterocycles. The third-order valence-electron chi connectivity index (χ3n) is 5.26. The Kier molecular flexibility index (Phi) is 6.34. The lowest BCUT2D eigenvalue weighted by molar-refractivity contribution is -0.177. The minimum atomic E-state index is -1.61. The van der Waals surface area contributed by atoms with Crippen molar-refractivity contribution in [2.75, 3.05) is 14.1 Å². The van der Waals surface area contributed by atoms with Crippen LogP contribution in [-0.4, -0.2) is 30.1 Å². The van der Waals surface area contributed by atoms with Crippen molar-refractivity contribution in [3.8, 4) is 0 Å². The highest BCUT2D eigenvalue weighted by atomic mass is 16.6. The van der Waals surface area contributed by atoms with Gasteiger partial charge in [-0.1, -0.05) is 49.6 Å². The SMILES string of the molecule is CN(C)Cc1ccc(COC(=O)[C@@](O)(c2ccccc2)C2CCCCC2)o1. The Morgan fingerprint density at radius 1 is 1.11 bits per heavy atom. The number of nitrogens with zero attached hydrogens (tertiary/aromatic N) is 1. The van der Waals surface area contributed by atoms with Crippen LogP contribution in [0, 0.1) is 5.92 Å². The van der Waals surface area contributed by atoms with Gasteiger partial charge in [-0.05, 0) is 44.6 Å². The summed E-state index contributed by atoms with van der Waals surface area (Å²) in [5.74, 6) is 0.684. The lowest BCUT2D eigenvalue weighted by Gasteiger charge is -2.36. The van der Waals surface area contributed by atoms with Gasteiger partial charge in [0.1, 0.15) is 18.1 Å². The summed E-state index contributed by atoms with van der Waals surface area (Å²) in [6.07, 6.45) is 4.86. The van der Waals surface area contributed by atoms with Gasteiger partial charge in [-0.25, -0.2) is 4.79 Å². The first-order valence-corrected chi connectivity index (χ1v) is 9.67. The number of hydrogen-bond donors (Lipinski definition) is 1. The summed E-state index contributed by atoms with van der Waals surface area (Å²) < 4.78 is 11.2. The van der Waals surface area contributed by atoms with Crippen molar-refractivity contribution >= 4 is 5.97 Å². The van der Waals surface area contributed by atoms with Crippen molar-refractivity contribution in [1.82, 2.24) is 4.90 Å². The lowest BCUT2D eigenvalue weighted by Crippen LogP contribution is -2.45. The topological polar surface area (TPSA) is 62.9 Å². The monoisotopic (exact) mass is 371 g/mol. The Hall–Kier alpha value is -2.11. The molecule has 27 heavy (non-hydrogen) atoms. The van der Waals surface area contributed by atoms with Crippen LogP contribution in [0.25, 0.3) is 0 Å². The summed E-state index contributed by atoms with van der Waals surface area (Å²) in [6.45, 7) is 0.706. The molecule has 0 spiro atoms. The highest BCUT2D eigenvalue weighted by molar-refractivity contribution is 5.81. The Labute approximate surface area is 160 Å². The molecule has 1 atom stereocenters. The van der Waals surface area contributed by atoms with E-state index in [-0.39, 0.29) is 12.5 Å². The van der Waals surface area contributed by atoms with E-state index in [2.05, 4.69) is 0 Å². The molecule has 0 aliphatic heterocycles. The first-order valence-electron chi connectivity index (χ1n) is 9.67. The normalized spacial score (nSPS) is 17.6. The van der Waals surface area contributed by atoms with Gasteiger partial charge in [-0.15, -0.1) is 0 Å². The average molecular weight is 371 g/mol.